The summed E-state index contributed by atoms with van der Waals surface area (Å²) in [4.78, 5) is 19.3. The van der Waals surface area contributed by atoms with E-state index in [1.54, 1.807) is 23.1 Å². The number of carbonyl (C=O) groups is 1. The number of hydrogen-bond acceptors (Lipinski definition) is 3. The van der Waals surface area contributed by atoms with Gasteiger partial charge >= 0.3 is 6.03 Å². The van der Waals surface area contributed by atoms with Crippen molar-refractivity contribution >= 4 is 23.3 Å². The normalized spacial score (nSPS) is 21.2. The predicted octanol–water partition coefficient (Wildman–Crippen LogP) is 3.78. The third-order valence-corrected chi connectivity index (χ3v) is 5.86. The first kappa shape index (κ1) is 19.4. The molecule has 1 aliphatic heterocycles. The van der Waals surface area contributed by atoms with E-state index in [-0.39, 0.29) is 10.9 Å². The molecule has 5 nitrogen and oxygen atoms in total. The number of rotatable bonds is 3. The highest BCUT2D eigenvalue weighted by Crippen LogP contribution is 2.40. The van der Waals surface area contributed by atoms with Gasteiger partial charge in [0.25, 0.3) is 0 Å². The Bertz CT molecular complexity index is 865. The molecular formula is C19H21ClF2N4O. The Morgan fingerprint density at radius 3 is 2.70 bits per heavy atom. The van der Waals surface area contributed by atoms with Gasteiger partial charge in [-0.1, -0.05) is 30.7 Å². The van der Waals surface area contributed by atoms with Crippen LogP contribution >= 0.6 is 11.6 Å². The summed E-state index contributed by atoms with van der Waals surface area (Å²) >= 11 is 6.18. The molecule has 1 aromatic carbocycles. The number of amides is 2. The zero-order valence-corrected chi connectivity index (χ0v) is 15.9. The standard InChI is InChI=1S/C19H21ClF2N4O/c1-12(13-4-3-5-14(21)17(13)20)19(2)11-25(8-9-26(19)18(23)27)16-6-7-24-10-15(16)22/h3-7,10,12H,8-9,11H2,1-2H3,(H2,23,27)/t12-,19?/m1/s1. The van der Waals surface area contributed by atoms with Crippen molar-refractivity contribution < 1.29 is 13.6 Å². The van der Waals surface area contributed by atoms with Gasteiger partial charge in [-0.3, -0.25) is 4.98 Å². The number of carbonyl (C=O) groups excluding carboxylic acids is 1. The van der Waals surface area contributed by atoms with Crippen LogP contribution < -0.4 is 10.6 Å². The van der Waals surface area contributed by atoms with E-state index in [0.29, 0.717) is 30.9 Å². The van der Waals surface area contributed by atoms with Crippen LogP contribution in [0.4, 0.5) is 19.3 Å². The first-order chi connectivity index (χ1) is 12.8. The van der Waals surface area contributed by atoms with Gasteiger partial charge in [-0.25, -0.2) is 13.6 Å². The lowest BCUT2D eigenvalue weighted by Gasteiger charge is -2.52. The van der Waals surface area contributed by atoms with Crippen molar-refractivity contribution in [1.29, 1.82) is 0 Å². The van der Waals surface area contributed by atoms with Gasteiger partial charge in [0.15, 0.2) is 5.82 Å². The zero-order valence-electron chi connectivity index (χ0n) is 15.1. The second-order valence-electron chi connectivity index (χ2n) is 6.96. The number of benzene rings is 1. The predicted molar refractivity (Wildman–Crippen MR) is 101 cm³/mol. The Hall–Kier alpha value is -2.41. The molecule has 1 fully saturated rings. The van der Waals surface area contributed by atoms with Crippen molar-refractivity contribution in [2.24, 2.45) is 5.73 Å². The maximum Gasteiger partial charge on any atom is 0.315 e. The van der Waals surface area contributed by atoms with Crippen molar-refractivity contribution in [2.75, 3.05) is 24.5 Å². The Labute approximate surface area is 161 Å². The van der Waals surface area contributed by atoms with Crippen LogP contribution in [0.2, 0.25) is 5.02 Å². The molecular weight excluding hydrogens is 374 g/mol. The van der Waals surface area contributed by atoms with Gasteiger partial charge in [-0.15, -0.1) is 0 Å². The second kappa shape index (κ2) is 7.31. The van der Waals surface area contributed by atoms with Crippen LogP contribution in [-0.2, 0) is 0 Å². The number of nitrogens with zero attached hydrogens (tertiary/aromatic N) is 3. The number of urea groups is 1. The van der Waals surface area contributed by atoms with Crippen LogP contribution in [0.3, 0.4) is 0 Å². The number of hydrogen-bond donors (Lipinski definition) is 1. The molecule has 1 saturated heterocycles. The highest BCUT2D eigenvalue weighted by molar-refractivity contribution is 6.31. The third-order valence-electron chi connectivity index (χ3n) is 5.46. The van der Waals surface area contributed by atoms with Gasteiger partial charge in [0, 0.05) is 31.7 Å². The fourth-order valence-corrected chi connectivity index (χ4v) is 4.07. The number of halogens is 3. The molecule has 2 atom stereocenters. The summed E-state index contributed by atoms with van der Waals surface area (Å²) in [6, 6.07) is 5.61. The van der Waals surface area contributed by atoms with Crippen molar-refractivity contribution in [3.8, 4) is 0 Å². The molecule has 1 aliphatic rings. The van der Waals surface area contributed by atoms with Crippen LogP contribution in [0.25, 0.3) is 0 Å². The number of pyridine rings is 1. The van der Waals surface area contributed by atoms with Crippen molar-refractivity contribution in [3.63, 3.8) is 0 Å². The number of primary amides is 1. The highest BCUT2D eigenvalue weighted by atomic mass is 35.5. The van der Waals surface area contributed by atoms with E-state index in [4.69, 9.17) is 17.3 Å². The van der Waals surface area contributed by atoms with E-state index < -0.39 is 23.2 Å². The van der Waals surface area contributed by atoms with Gasteiger partial charge < -0.3 is 15.5 Å². The van der Waals surface area contributed by atoms with Crippen molar-refractivity contribution in [2.45, 2.75) is 25.3 Å². The summed E-state index contributed by atoms with van der Waals surface area (Å²) in [5.74, 6) is -1.31. The lowest BCUT2D eigenvalue weighted by atomic mass is 9.78. The minimum Gasteiger partial charge on any atom is -0.365 e. The zero-order chi connectivity index (χ0) is 19.8. The SMILES string of the molecule is C[C@H](c1cccc(F)c1Cl)C1(C)CN(c2ccncc2F)CCN1C(N)=O. The summed E-state index contributed by atoms with van der Waals surface area (Å²) in [5.41, 5.74) is 5.77. The van der Waals surface area contributed by atoms with E-state index in [1.165, 1.54) is 12.3 Å². The highest BCUT2D eigenvalue weighted by Gasteiger charge is 2.45. The molecule has 0 bridgehead atoms. The molecule has 144 valence electrons. The van der Waals surface area contributed by atoms with E-state index in [0.717, 1.165) is 6.20 Å². The summed E-state index contributed by atoms with van der Waals surface area (Å²) in [6.07, 6.45) is 2.67. The van der Waals surface area contributed by atoms with Gasteiger partial charge in [0.2, 0.25) is 0 Å². The Morgan fingerprint density at radius 2 is 2.04 bits per heavy atom. The van der Waals surface area contributed by atoms with Crippen LogP contribution in [0.15, 0.2) is 36.7 Å². The molecule has 2 aromatic rings. The fourth-order valence-electron chi connectivity index (χ4n) is 3.78. The van der Waals surface area contributed by atoms with Crippen molar-refractivity contribution in [3.05, 3.63) is 58.9 Å². The molecule has 27 heavy (non-hydrogen) atoms. The van der Waals surface area contributed by atoms with E-state index in [9.17, 15) is 13.6 Å². The van der Waals surface area contributed by atoms with Crippen LogP contribution in [-0.4, -0.2) is 41.1 Å². The van der Waals surface area contributed by atoms with Gasteiger partial charge in [-0.05, 0) is 24.6 Å². The summed E-state index contributed by atoms with van der Waals surface area (Å²) in [6.45, 7) is 4.76. The molecule has 0 aliphatic carbocycles. The van der Waals surface area contributed by atoms with Crippen LogP contribution in [0, 0.1) is 11.6 Å². The Balaban J connectivity index is 2.02. The minimum atomic E-state index is -0.822. The fraction of sp³-hybridized carbons (Fsp3) is 0.368. The van der Waals surface area contributed by atoms with Gasteiger partial charge in [0.1, 0.15) is 5.82 Å². The monoisotopic (exact) mass is 394 g/mol. The second-order valence-corrected chi connectivity index (χ2v) is 7.34. The number of nitrogens with two attached hydrogens (primary N) is 1. The molecule has 2 amide bonds. The molecule has 8 heteroatoms. The lowest BCUT2D eigenvalue weighted by Crippen LogP contribution is -2.66. The van der Waals surface area contributed by atoms with E-state index in [2.05, 4.69) is 4.98 Å². The number of aromatic nitrogens is 1. The third kappa shape index (κ3) is 3.43. The first-order valence-electron chi connectivity index (χ1n) is 8.61. The van der Waals surface area contributed by atoms with Crippen LogP contribution in [0.5, 0.6) is 0 Å². The molecule has 0 saturated carbocycles. The van der Waals surface area contributed by atoms with E-state index in [1.807, 2.05) is 18.7 Å². The molecule has 0 spiro atoms. The maximum atomic E-state index is 14.2. The van der Waals surface area contributed by atoms with Gasteiger partial charge in [-0.2, -0.15) is 0 Å². The average molecular weight is 395 g/mol. The molecule has 0 radical (unpaired) electrons. The maximum absolute atomic E-state index is 14.2. The van der Waals surface area contributed by atoms with E-state index >= 15 is 0 Å². The minimum absolute atomic E-state index is 0.0165. The number of piperazine rings is 1. The van der Waals surface area contributed by atoms with Gasteiger partial charge in [0.05, 0.1) is 22.4 Å². The molecule has 1 unspecified atom stereocenters. The Morgan fingerprint density at radius 1 is 1.30 bits per heavy atom. The van der Waals surface area contributed by atoms with Crippen molar-refractivity contribution in [1.82, 2.24) is 9.88 Å². The average Bonchev–Trinajstić information content (AvgIpc) is 2.63. The molecule has 3 rings (SSSR count). The summed E-state index contributed by atoms with van der Waals surface area (Å²) in [7, 11) is 0. The molecule has 1 aromatic heterocycles. The molecule has 2 N–H and O–H groups in total. The topological polar surface area (TPSA) is 62.5 Å². The summed E-state index contributed by atoms with van der Waals surface area (Å²) in [5, 5.41) is 0.0165. The largest absolute Gasteiger partial charge is 0.365 e. The lowest BCUT2D eigenvalue weighted by molar-refractivity contribution is 0.0996. The number of anilines is 1. The quantitative estimate of drug-likeness (QED) is 0.861. The van der Waals surface area contributed by atoms with Crippen LogP contribution in [0.1, 0.15) is 25.3 Å². The molecule has 2 heterocycles. The smallest absolute Gasteiger partial charge is 0.315 e. The Kier molecular flexibility index (Phi) is 5.24. The first-order valence-corrected chi connectivity index (χ1v) is 8.99. The summed E-state index contributed by atoms with van der Waals surface area (Å²) < 4.78 is 28.2.